The van der Waals surface area contributed by atoms with Gasteiger partial charge in [-0.1, -0.05) is 0 Å². The van der Waals surface area contributed by atoms with Crippen LogP contribution in [0.25, 0.3) is 0 Å². The van der Waals surface area contributed by atoms with Crippen molar-refractivity contribution in [1.82, 2.24) is 0 Å². The summed E-state index contributed by atoms with van der Waals surface area (Å²) in [5.41, 5.74) is 8.55. The van der Waals surface area contributed by atoms with E-state index in [0.29, 0.717) is 17.9 Å². The fraction of sp³-hybridized carbons (Fsp3) is 0.765. The first kappa shape index (κ1) is 13.3. The Morgan fingerprint density at radius 2 is 2.20 bits per heavy atom. The van der Waals surface area contributed by atoms with Gasteiger partial charge in [0.2, 0.25) is 0 Å². The summed E-state index contributed by atoms with van der Waals surface area (Å²) in [7, 11) is 0. The van der Waals surface area contributed by atoms with Crippen molar-refractivity contribution in [2.75, 3.05) is 6.61 Å². The van der Waals surface area contributed by atoms with Crippen molar-refractivity contribution in [3.05, 3.63) is 21.9 Å². The number of aryl methyl sites for hydroxylation is 1. The summed E-state index contributed by atoms with van der Waals surface area (Å²) in [5.74, 6) is 1.27. The molecule has 2 heterocycles. The van der Waals surface area contributed by atoms with Gasteiger partial charge in [0, 0.05) is 23.4 Å². The van der Waals surface area contributed by atoms with Crippen LogP contribution in [0, 0.1) is 5.92 Å². The number of thiophene rings is 1. The van der Waals surface area contributed by atoms with Crippen molar-refractivity contribution in [3.8, 4) is 0 Å². The van der Waals surface area contributed by atoms with Crippen LogP contribution in [-0.2, 0) is 11.2 Å². The lowest BCUT2D eigenvalue weighted by atomic mass is 9.67. The van der Waals surface area contributed by atoms with Crippen LogP contribution in [-0.4, -0.2) is 18.2 Å². The molecule has 110 valence electrons. The minimum atomic E-state index is 0.229. The number of rotatable bonds is 2. The quantitative estimate of drug-likeness (QED) is 0.898. The predicted molar refractivity (Wildman–Crippen MR) is 83.2 cm³/mol. The van der Waals surface area contributed by atoms with Gasteiger partial charge in [-0.05, 0) is 74.3 Å². The highest BCUT2D eigenvalue weighted by Crippen LogP contribution is 2.47. The first-order valence-electron chi connectivity index (χ1n) is 8.23. The van der Waals surface area contributed by atoms with E-state index in [-0.39, 0.29) is 5.60 Å². The van der Waals surface area contributed by atoms with Crippen molar-refractivity contribution in [3.63, 3.8) is 0 Å². The zero-order valence-electron chi connectivity index (χ0n) is 12.1. The Labute approximate surface area is 125 Å². The maximum absolute atomic E-state index is 6.75. The van der Waals surface area contributed by atoms with Crippen molar-refractivity contribution >= 4 is 11.3 Å². The maximum atomic E-state index is 6.75. The third kappa shape index (κ3) is 2.15. The third-order valence-electron chi connectivity index (χ3n) is 5.90. The van der Waals surface area contributed by atoms with Crippen LogP contribution in [0.1, 0.15) is 61.3 Å². The highest BCUT2D eigenvalue weighted by molar-refractivity contribution is 7.10. The van der Waals surface area contributed by atoms with Crippen LogP contribution in [0.5, 0.6) is 0 Å². The molecule has 2 N–H and O–H groups in total. The summed E-state index contributed by atoms with van der Waals surface area (Å²) in [6.07, 6.45) is 10.1. The normalized spacial score (nSPS) is 33.5. The summed E-state index contributed by atoms with van der Waals surface area (Å²) >= 11 is 1.93. The van der Waals surface area contributed by atoms with Crippen molar-refractivity contribution < 1.29 is 4.74 Å². The molecule has 0 radical (unpaired) electrons. The first-order chi connectivity index (χ1) is 9.77. The molecule has 3 aliphatic rings. The molecule has 1 aromatic rings. The lowest BCUT2D eigenvalue weighted by molar-refractivity contribution is -0.146. The van der Waals surface area contributed by atoms with Gasteiger partial charge in [-0.15, -0.1) is 11.3 Å². The zero-order valence-corrected chi connectivity index (χ0v) is 13.0. The number of hydrogen-bond donors (Lipinski definition) is 1. The Balaban J connectivity index is 1.51. The number of hydrogen-bond acceptors (Lipinski definition) is 3. The monoisotopic (exact) mass is 291 g/mol. The molecule has 2 fully saturated rings. The van der Waals surface area contributed by atoms with Gasteiger partial charge >= 0.3 is 0 Å². The molecule has 3 heteroatoms. The van der Waals surface area contributed by atoms with Crippen LogP contribution in [0.3, 0.4) is 0 Å². The lowest BCUT2D eigenvalue weighted by Crippen LogP contribution is -2.50. The zero-order chi connectivity index (χ0) is 13.6. The van der Waals surface area contributed by atoms with E-state index in [4.69, 9.17) is 10.5 Å². The fourth-order valence-electron chi connectivity index (χ4n) is 4.56. The molecular formula is C17H25NOS. The predicted octanol–water partition coefficient (Wildman–Crippen LogP) is 3.84. The molecule has 1 aliphatic heterocycles. The average Bonchev–Trinajstić information content (AvgIpc) is 2.93. The van der Waals surface area contributed by atoms with Gasteiger partial charge in [-0.25, -0.2) is 0 Å². The van der Waals surface area contributed by atoms with Gasteiger partial charge in [0.15, 0.2) is 0 Å². The van der Waals surface area contributed by atoms with Crippen LogP contribution in [0.2, 0.25) is 0 Å². The largest absolute Gasteiger partial charge is 0.375 e. The minimum absolute atomic E-state index is 0.229. The molecule has 4 rings (SSSR count). The average molecular weight is 291 g/mol. The molecule has 0 aromatic carbocycles. The molecule has 0 amide bonds. The van der Waals surface area contributed by atoms with Crippen molar-refractivity contribution in [1.29, 1.82) is 0 Å². The van der Waals surface area contributed by atoms with E-state index in [1.165, 1.54) is 51.4 Å². The Morgan fingerprint density at radius 1 is 1.30 bits per heavy atom. The van der Waals surface area contributed by atoms with Gasteiger partial charge < -0.3 is 10.5 Å². The topological polar surface area (TPSA) is 35.2 Å². The van der Waals surface area contributed by atoms with E-state index in [2.05, 4.69) is 11.4 Å². The highest BCUT2D eigenvalue weighted by Gasteiger charge is 2.45. The Morgan fingerprint density at radius 3 is 3.00 bits per heavy atom. The van der Waals surface area contributed by atoms with E-state index in [1.54, 1.807) is 10.4 Å². The molecule has 2 nitrogen and oxygen atoms in total. The fourth-order valence-corrected chi connectivity index (χ4v) is 5.56. The standard InChI is InChI=1S/C17H25NOS/c18-16(12-5-9-19-17(11-12)7-2-8-17)14-3-1-4-15-13(14)6-10-20-15/h6,10,12,14,16H,1-5,7-9,11,18H2. The first-order valence-corrected chi connectivity index (χ1v) is 9.11. The van der Waals surface area contributed by atoms with E-state index in [9.17, 15) is 0 Å². The van der Waals surface area contributed by atoms with Gasteiger partial charge in [0.05, 0.1) is 5.60 Å². The molecule has 20 heavy (non-hydrogen) atoms. The van der Waals surface area contributed by atoms with Crippen molar-refractivity contribution in [2.24, 2.45) is 11.7 Å². The maximum Gasteiger partial charge on any atom is 0.0685 e. The number of ether oxygens (including phenoxy) is 1. The Kier molecular flexibility index (Phi) is 3.40. The molecule has 1 saturated heterocycles. The second-order valence-electron chi connectivity index (χ2n) is 7.01. The number of nitrogens with two attached hydrogens (primary N) is 1. The van der Waals surface area contributed by atoms with Crippen LogP contribution in [0.15, 0.2) is 11.4 Å². The summed E-state index contributed by atoms with van der Waals surface area (Å²) in [4.78, 5) is 1.60. The summed E-state index contributed by atoms with van der Waals surface area (Å²) in [6.45, 7) is 0.932. The molecule has 1 aromatic heterocycles. The molecule has 3 unspecified atom stereocenters. The van der Waals surface area contributed by atoms with Crippen LogP contribution < -0.4 is 5.73 Å². The second kappa shape index (κ2) is 5.11. The van der Waals surface area contributed by atoms with Crippen molar-refractivity contribution in [2.45, 2.75) is 68.9 Å². The Bertz CT molecular complexity index is 479. The molecule has 1 spiro atoms. The summed E-state index contributed by atoms with van der Waals surface area (Å²) < 4.78 is 6.07. The van der Waals surface area contributed by atoms with E-state index < -0.39 is 0 Å². The summed E-state index contributed by atoms with van der Waals surface area (Å²) in [5, 5.41) is 2.26. The second-order valence-corrected chi connectivity index (χ2v) is 8.01. The molecule has 0 bridgehead atoms. The number of fused-ring (bicyclic) bond motifs is 1. The SMILES string of the molecule is NC(C1CCOC2(CCC2)C1)C1CCCc2sccc21. The van der Waals surface area contributed by atoms with Crippen LogP contribution >= 0.6 is 11.3 Å². The molecule has 3 atom stereocenters. The third-order valence-corrected chi connectivity index (χ3v) is 6.90. The van der Waals surface area contributed by atoms with E-state index >= 15 is 0 Å². The minimum Gasteiger partial charge on any atom is -0.375 e. The van der Waals surface area contributed by atoms with Gasteiger partial charge in [-0.2, -0.15) is 0 Å². The highest BCUT2D eigenvalue weighted by atomic mass is 32.1. The summed E-state index contributed by atoms with van der Waals surface area (Å²) in [6, 6.07) is 2.67. The lowest BCUT2D eigenvalue weighted by Gasteiger charge is -2.49. The van der Waals surface area contributed by atoms with Gasteiger partial charge in [-0.3, -0.25) is 0 Å². The van der Waals surface area contributed by atoms with Gasteiger partial charge in [0.1, 0.15) is 0 Å². The Hall–Kier alpha value is -0.380. The van der Waals surface area contributed by atoms with E-state index in [0.717, 1.165) is 6.61 Å². The van der Waals surface area contributed by atoms with E-state index in [1.807, 2.05) is 11.3 Å². The molecule has 1 saturated carbocycles. The van der Waals surface area contributed by atoms with Gasteiger partial charge in [0.25, 0.3) is 0 Å². The van der Waals surface area contributed by atoms with Crippen LogP contribution in [0.4, 0.5) is 0 Å². The molecular weight excluding hydrogens is 266 g/mol. The molecule has 2 aliphatic carbocycles. The smallest absolute Gasteiger partial charge is 0.0685 e.